The van der Waals surface area contributed by atoms with Crippen LogP contribution in [0.2, 0.25) is 0 Å². The lowest BCUT2D eigenvalue weighted by Crippen LogP contribution is -2.30. The largest absolute Gasteiger partial charge is 0.309 e. The number of aryl methyl sites for hydroxylation is 2. The Bertz CT molecular complexity index is 917. The van der Waals surface area contributed by atoms with E-state index >= 15 is 0 Å². The van der Waals surface area contributed by atoms with Crippen LogP contribution in [0.15, 0.2) is 41.0 Å². The van der Waals surface area contributed by atoms with Crippen LogP contribution < -0.4 is 10.9 Å². The molecule has 3 aromatic heterocycles. The van der Waals surface area contributed by atoms with Gasteiger partial charge < -0.3 is 4.57 Å². The van der Waals surface area contributed by atoms with Crippen molar-refractivity contribution in [2.75, 3.05) is 5.32 Å². The van der Waals surface area contributed by atoms with Gasteiger partial charge in [0.2, 0.25) is 0 Å². The SMILES string of the molecule is Cc1cnc(Cn2ccc(C)c(C(=O)Nc3nccs3)c2=O)cn1. The standard InChI is InChI=1S/C16H15N5O2S/c1-10-3-5-21(9-12-8-18-11(2)7-19-12)15(23)13(10)14(22)20-16-17-4-6-24-16/h3-8H,9H2,1-2H3,(H,17,20,22). The van der Waals surface area contributed by atoms with E-state index in [9.17, 15) is 9.59 Å². The van der Waals surface area contributed by atoms with Crippen molar-refractivity contribution in [1.29, 1.82) is 0 Å². The first-order valence-corrected chi connectivity index (χ1v) is 8.11. The summed E-state index contributed by atoms with van der Waals surface area (Å²) in [4.78, 5) is 37.5. The summed E-state index contributed by atoms with van der Waals surface area (Å²) in [5.74, 6) is -0.461. The van der Waals surface area contributed by atoms with E-state index in [0.29, 0.717) is 16.4 Å². The van der Waals surface area contributed by atoms with Gasteiger partial charge in [0.1, 0.15) is 5.56 Å². The average molecular weight is 341 g/mol. The van der Waals surface area contributed by atoms with Crippen molar-refractivity contribution in [3.8, 4) is 0 Å². The van der Waals surface area contributed by atoms with Gasteiger partial charge in [-0.15, -0.1) is 11.3 Å². The second kappa shape index (κ2) is 6.71. The number of aromatic nitrogens is 4. The molecule has 0 radical (unpaired) electrons. The summed E-state index contributed by atoms with van der Waals surface area (Å²) in [5.41, 5.74) is 1.80. The lowest BCUT2D eigenvalue weighted by Gasteiger charge is -2.10. The van der Waals surface area contributed by atoms with E-state index in [0.717, 1.165) is 5.69 Å². The monoisotopic (exact) mass is 341 g/mol. The van der Waals surface area contributed by atoms with E-state index in [1.807, 2.05) is 6.92 Å². The minimum Gasteiger partial charge on any atom is -0.309 e. The topological polar surface area (TPSA) is 89.8 Å². The summed E-state index contributed by atoms with van der Waals surface area (Å²) in [6.45, 7) is 3.83. The first kappa shape index (κ1) is 16.0. The van der Waals surface area contributed by atoms with Crippen LogP contribution in [0.25, 0.3) is 0 Å². The van der Waals surface area contributed by atoms with E-state index in [1.54, 1.807) is 43.2 Å². The summed E-state index contributed by atoms with van der Waals surface area (Å²) >= 11 is 1.30. The van der Waals surface area contributed by atoms with E-state index in [1.165, 1.54) is 15.9 Å². The number of carbonyl (C=O) groups is 1. The van der Waals surface area contributed by atoms with Crippen molar-refractivity contribution in [1.82, 2.24) is 19.5 Å². The molecule has 3 heterocycles. The van der Waals surface area contributed by atoms with Crippen LogP contribution in [0.5, 0.6) is 0 Å². The molecule has 7 nitrogen and oxygen atoms in total. The van der Waals surface area contributed by atoms with Crippen molar-refractivity contribution >= 4 is 22.4 Å². The van der Waals surface area contributed by atoms with Crippen LogP contribution in [0.4, 0.5) is 5.13 Å². The van der Waals surface area contributed by atoms with E-state index in [2.05, 4.69) is 20.3 Å². The van der Waals surface area contributed by atoms with Crippen LogP contribution in [0.1, 0.15) is 27.3 Å². The molecule has 0 aliphatic heterocycles. The van der Waals surface area contributed by atoms with Gasteiger partial charge in [-0.2, -0.15) is 0 Å². The van der Waals surface area contributed by atoms with Crippen LogP contribution >= 0.6 is 11.3 Å². The maximum Gasteiger partial charge on any atom is 0.264 e. The second-order valence-corrected chi connectivity index (χ2v) is 6.14. The third kappa shape index (κ3) is 3.38. The molecule has 0 saturated heterocycles. The molecule has 1 N–H and O–H groups in total. The number of nitrogens with zero attached hydrogens (tertiary/aromatic N) is 4. The number of carbonyl (C=O) groups excluding carboxylic acids is 1. The zero-order valence-corrected chi connectivity index (χ0v) is 14.0. The van der Waals surface area contributed by atoms with Gasteiger partial charge in [0.15, 0.2) is 5.13 Å². The Morgan fingerprint density at radius 1 is 1.25 bits per heavy atom. The number of anilines is 1. The van der Waals surface area contributed by atoms with Crippen molar-refractivity contribution in [2.24, 2.45) is 0 Å². The predicted octanol–water partition coefficient (Wildman–Crippen LogP) is 2.01. The number of rotatable bonds is 4. The molecule has 0 spiro atoms. The Morgan fingerprint density at radius 2 is 2.08 bits per heavy atom. The molecule has 0 aliphatic rings. The summed E-state index contributed by atoms with van der Waals surface area (Å²) in [7, 11) is 0. The molecular formula is C16H15N5O2S. The van der Waals surface area contributed by atoms with Gasteiger partial charge in [0, 0.05) is 24.0 Å². The first-order chi connectivity index (χ1) is 11.5. The summed E-state index contributed by atoms with van der Waals surface area (Å²) in [5, 5.41) is 4.85. The fourth-order valence-corrected chi connectivity index (χ4v) is 2.71. The summed E-state index contributed by atoms with van der Waals surface area (Å²) in [6.07, 6.45) is 6.51. The smallest absolute Gasteiger partial charge is 0.264 e. The van der Waals surface area contributed by atoms with Gasteiger partial charge in [-0.3, -0.25) is 24.9 Å². The molecular weight excluding hydrogens is 326 g/mol. The quantitative estimate of drug-likeness (QED) is 0.784. The minimum atomic E-state index is -0.461. The van der Waals surface area contributed by atoms with Crippen LogP contribution in [0.3, 0.4) is 0 Å². The Morgan fingerprint density at radius 3 is 2.75 bits per heavy atom. The highest BCUT2D eigenvalue weighted by Crippen LogP contribution is 2.12. The Hall–Kier alpha value is -2.87. The van der Waals surface area contributed by atoms with Crippen molar-refractivity contribution in [2.45, 2.75) is 20.4 Å². The molecule has 122 valence electrons. The normalized spacial score (nSPS) is 10.6. The zero-order chi connectivity index (χ0) is 17.1. The molecule has 0 aromatic carbocycles. The maximum atomic E-state index is 12.7. The highest BCUT2D eigenvalue weighted by molar-refractivity contribution is 7.13. The Balaban J connectivity index is 1.91. The van der Waals surface area contributed by atoms with Gasteiger partial charge in [0.05, 0.1) is 24.1 Å². The molecule has 3 rings (SSSR count). The molecule has 1 amide bonds. The lowest BCUT2D eigenvalue weighted by molar-refractivity contribution is 0.102. The second-order valence-electron chi connectivity index (χ2n) is 5.25. The third-order valence-electron chi connectivity index (χ3n) is 3.42. The molecule has 0 fully saturated rings. The number of amides is 1. The van der Waals surface area contributed by atoms with Gasteiger partial charge in [-0.05, 0) is 25.5 Å². The van der Waals surface area contributed by atoms with Crippen molar-refractivity contribution < 1.29 is 4.79 Å². The molecule has 0 bridgehead atoms. The van der Waals surface area contributed by atoms with Gasteiger partial charge in [0.25, 0.3) is 11.5 Å². The Labute approximate surface area is 142 Å². The van der Waals surface area contributed by atoms with Gasteiger partial charge >= 0.3 is 0 Å². The van der Waals surface area contributed by atoms with Crippen LogP contribution in [-0.4, -0.2) is 25.4 Å². The predicted molar refractivity (Wildman–Crippen MR) is 91.4 cm³/mol. The first-order valence-electron chi connectivity index (χ1n) is 7.23. The number of hydrogen-bond acceptors (Lipinski definition) is 6. The Kier molecular flexibility index (Phi) is 4.48. The average Bonchev–Trinajstić information content (AvgIpc) is 3.05. The lowest BCUT2D eigenvalue weighted by atomic mass is 10.1. The molecule has 0 unspecified atom stereocenters. The molecule has 0 atom stereocenters. The molecule has 3 aromatic rings. The summed E-state index contributed by atoms with van der Waals surface area (Å²) in [6, 6.07) is 1.74. The number of pyridine rings is 1. The third-order valence-corrected chi connectivity index (χ3v) is 4.11. The maximum absolute atomic E-state index is 12.7. The zero-order valence-electron chi connectivity index (χ0n) is 13.2. The van der Waals surface area contributed by atoms with E-state index in [-0.39, 0.29) is 17.7 Å². The van der Waals surface area contributed by atoms with E-state index < -0.39 is 5.91 Å². The number of hydrogen-bond donors (Lipinski definition) is 1. The van der Waals surface area contributed by atoms with Crippen LogP contribution in [-0.2, 0) is 6.54 Å². The van der Waals surface area contributed by atoms with Gasteiger partial charge in [-0.1, -0.05) is 0 Å². The molecule has 8 heteroatoms. The fraction of sp³-hybridized carbons (Fsp3) is 0.188. The highest BCUT2D eigenvalue weighted by Gasteiger charge is 2.17. The van der Waals surface area contributed by atoms with Gasteiger partial charge in [-0.25, -0.2) is 4.98 Å². The molecule has 0 aliphatic carbocycles. The number of thiazole rings is 1. The summed E-state index contributed by atoms with van der Waals surface area (Å²) < 4.78 is 1.45. The van der Waals surface area contributed by atoms with Crippen molar-refractivity contribution in [3.05, 3.63) is 69.1 Å². The van der Waals surface area contributed by atoms with E-state index in [4.69, 9.17) is 0 Å². The fourth-order valence-electron chi connectivity index (χ4n) is 2.19. The van der Waals surface area contributed by atoms with Crippen LogP contribution in [0, 0.1) is 13.8 Å². The minimum absolute atomic E-state index is 0.104. The highest BCUT2D eigenvalue weighted by atomic mass is 32.1. The molecule has 0 saturated carbocycles. The molecule has 24 heavy (non-hydrogen) atoms. The number of nitrogens with one attached hydrogen (secondary N) is 1. The van der Waals surface area contributed by atoms with Crippen molar-refractivity contribution in [3.63, 3.8) is 0 Å².